The van der Waals surface area contributed by atoms with Gasteiger partial charge in [0.2, 0.25) is 0 Å². The quantitative estimate of drug-likeness (QED) is 0.800. The van der Waals surface area contributed by atoms with Crippen LogP contribution in [0.15, 0.2) is 18.2 Å². The summed E-state index contributed by atoms with van der Waals surface area (Å²) < 4.78 is 18.5. The Labute approximate surface area is 117 Å². The Hall–Kier alpha value is -1.13. The summed E-state index contributed by atoms with van der Waals surface area (Å²) in [7, 11) is 1.38. The Kier molecular flexibility index (Phi) is 4.77. The fourth-order valence-corrected chi connectivity index (χ4v) is 2.66. The zero-order valence-corrected chi connectivity index (χ0v) is 11.6. The third kappa shape index (κ3) is 3.45. The van der Waals surface area contributed by atoms with Gasteiger partial charge >= 0.3 is 5.97 Å². The molecule has 1 unspecified atom stereocenters. The highest BCUT2D eigenvalue weighted by molar-refractivity contribution is 6.30. The molecule has 0 spiro atoms. The number of rotatable bonds is 3. The summed E-state index contributed by atoms with van der Waals surface area (Å²) in [4.78, 5) is 13.7. The van der Waals surface area contributed by atoms with E-state index in [1.54, 1.807) is 6.07 Å². The van der Waals surface area contributed by atoms with Crippen LogP contribution in [0.5, 0.6) is 0 Å². The van der Waals surface area contributed by atoms with Gasteiger partial charge in [-0.05, 0) is 37.6 Å². The van der Waals surface area contributed by atoms with Crippen LogP contribution in [-0.2, 0) is 16.1 Å². The third-order valence-corrected chi connectivity index (χ3v) is 3.70. The topological polar surface area (TPSA) is 29.5 Å². The highest BCUT2D eigenvalue weighted by Crippen LogP contribution is 2.23. The van der Waals surface area contributed by atoms with E-state index in [1.165, 1.54) is 19.2 Å². The summed E-state index contributed by atoms with van der Waals surface area (Å²) in [5.74, 6) is -0.541. The number of piperidine rings is 1. The van der Waals surface area contributed by atoms with Crippen LogP contribution >= 0.6 is 11.6 Å². The van der Waals surface area contributed by atoms with Crippen molar-refractivity contribution in [2.45, 2.75) is 31.8 Å². The number of hydrogen-bond acceptors (Lipinski definition) is 3. The number of nitrogens with zero attached hydrogens (tertiary/aromatic N) is 1. The van der Waals surface area contributed by atoms with Crippen LogP contribution in [0.1, 0.15) is 24.8 Å². The number of carbonyl (C=O) groups excluding carboxylic acids is 1. The van der Waals surface area contributed by atoms with Crippen molar-refractivity contribution in [1.29, 1.82) is 0 Å². The molecule has 19 heavy (non-hydrogen) atoms. The standard InChI is InChI=1S/C14H17ClFNO2/c1-19-14(18)13-4-2-3-7-17(13)9-10-8-11(15)5-6-12(10)16/h5-6,8,13H,2-4,7,9H2,1H3. The molecule has 1 fully saturated rings. The Bertz CT molecular complexity index is 467. The maximum Gasteiger partial charge on any atom is 0.323 e. The van der Waals surface area contributed by atoms with E-state index in [4.69, 9.17) is 16.3 Å². The maximum atomic E-state index is 13.7. The minimum atomic E-state index is -0.293. The van der Waals surface area contributed by atoms with Crippen molar-refractivity contribution in [3.8, 4) is 0 Å². The van der Waals surface area contributed by atoms with E-state index < -0.39 is 0 Å². The molecule has 5 heteroatoms. The Morgan fingerprint density at radius 1 is 1.53 bits per heavy atom. The zero-order chi connectivity index (χ0) is 13.8. The number of esters is 1. The Morgan fingerprint density at radius 3 is 3.05 bits per heavy atom. The summed E-state index contributed by atoms with van der Waals surface area (Å²) in [6.45, 7) is 1.15. The monoisotopic (exact) mass is 285 g/mol. The van der Waals surface area contributed by atoms with Crippen LogP contribution in [0, 0.1) is 5.82 Å². The van der Waals surface area contributed by atoms with Crippen LogP contribution in [-0.4, -0.2) is 30.6 Å². The minimum absolute atomic E-state index is 0.248. The molecule has 2 rings (SSSR count). The van der Waals surface area contributed by atoms with Crippen LogP contribution in [0.25, 0.3) is 0 Å². The van der Waals surface area contributed by atoms with E-state index >= 15 is 0 Å². The number of methoxy groups -OCH3 is 1. The molecule has 0 N–H and O–H groups in total. The molecular weight excluding hydrogens is 269 g/mol. The van der Waals surface area contributed by atoms with E-state index in [9.17, 15) is 9.18 Å². The third-order valence-electron chi connectivity index (χ3n) is 3.47. The number of carbonyl (C=O) groups is 1. The zero-order valence-electron chi connectivity index (χ0n) is 10.9. The van der Waals surface area contributed by atoms with E-state index in [0.29, 0.717) is 17.1 Å². The lowest BCUT2D eigenvalue weighted by atomic mass is 10.0. The predicted octanol–water partition coefficient (Wildman–Crippen LogP) is 3.01. The van der Waals surface area contributed by atoms with Crippen molar-refractivity contribution in [3.63, 3.8) is 0 Å². The smallest absolute Gasteiger partial charge is 0.323 e. The van der Waals surface area contributed by atoms with Gasteiger partial charge in [-0.15, -0.1) is 0 Å². The van der Waals surface area contributed by atoms with Crippen molar-refractivity contribution >= 4 is 17.6 Å². The van der Waals surface area contributed by atoms with E-state index in [-0.39, 0.29) is 17.8 Å². The van der Waals surface area contributed by atoms with Crippen LogP contribution in [0.3, 0.4) is 0 Å². The minimum Gasteiger partial charge on any atom is -0.468 e. The largest absolute Gasteiger partial charge is 0.468 e. The summed E-state index contributed by atoms with van der Waals surface area (Å²) in [6, 6.07) is 4.21. The molecule has 0 aliphatic carbocycles. The lowest BCUT2D eigenvalue weighted by molar-refractivity contribution is -0.148. The second kappa shape index (κ2) is 6.35. The molecule has 1 aromatic rings. The normalized spacial score (nSPS) is 20.3. The summed E-state index contributed by atoms with van der Waals surface area (Å²) in [5.41, 5.74) is 0.517. The summed E-state index contributed by atoms with van der Waals surface area (Å²) in [6.07, 6.45) is 2.76. The summed E-state index contributed by atoms with van der Waals surface area (Å²) in [5, 5.41) is 0.503. The molecule has 1 saturated heterocycles. The number of ether oxygens (including phenoxy) is 1. The maximum absolute atomic E-state index is 13.7. The predicted molar refractivity (Wildman–Crippen MR) is 71.5 cm³/mol. The summed E-state index contributed by atoms with van der Waals surface area (Å²) >= 11 is 5.88. The molecule has 1 atom stereocenters. The van der Waals surface area contributed by atoms with Crippen molar-refractivity contribution in [2.24, 2.45) is 0 Å². The first-order valence-electron chi connectivity index (χ1n) is 6.37. The molecule has 1 heterocycles. The van der Waals surface area contributed by atoms with Crippen molar-refractivity contribution in [3.05, 3.63) is 34.6 Å². The van der Waals surface area contributed by atoms with Gasteiger partial charge < -0.3 is 4.74 Å². The SMILES string of the molecule is COC(=O)C1CCCCN1Cc1cc(Cl)ccc1F. The first kappa shape index (κ1) is 14.3. The molecule has 0 saturated carbocycles. The van der Waals surface area contributed by atoms with Gasteiger partial charge in [-0.2, -0.15) is 0 Å². The number of halogens is 2. The number of likely N-dealkylation sites (tertiary alicyclic amines) is 1. The first-order chi connectivity index (χ1) is 9.11. The number of benzene rings is 1. The molecule has 0 aromatic heterocycles. The molecule has 0 bridgehead atoms. The Balaban J connectivity index is 2.15. The molecular formula is C14H17ClFNO2. The molecule has 104 valence electrons. The molecule has 1 aliphatic heterocycles. The highest BCUT2D eigenvalue weighted by Gasteiger charge is 2.29. The fraction of sp³-hybridized carbons (Fsp3) is 0.500. The van der Waals surface area contributed by atoms with Gasteiger partial charge in [-0.1, -0.05) is 18.0 Å². The van der Waals surface area contributed by atoms with Crippen LogP contribution in [0.2, 0.25) is 5.02 Å². The molecule has 1 aliphatic rings. The van der Waals surface area contributed by atoms with Gasteiger partial charge in [0, 0.05) is 17.1 Å². The lowest BCUT2D eigenvalue weighted by Gasteiger charge is -2.33. The van der Waals surface area contributed by atoms with Crippen molar-refractivity contribution in [1.82, 2.24) is 4.90 Å². The van der Waals surface area contributed by atoms with Gasteiger partial charge in [0.15, 0.2) is 0 Å². The average Bonchev–Trinajstić information content (AvgIpc) is 2.42. The molecule has 1 aromatic carbocycles. The van der Waals surface area contributed by atoms with E-state index in [0.717, 1.165) is 25.8 Å². The van der Waals surface area contributed by atoms with Gasteiger partial charge in [-0.25, -0.2) is 4.39 Å². The van der Waals surface area contributed by atoms with Gasteiger partial charge in [0.1, 0.15) is 11.9 Å². The van der Waals surface area contributed by atoms with Gasteiger partial charge in [0.05, 0.1) is 7.11 Å². The van der Waals surface area contributed by atoms with Crippen LogP contribution in [0.4, 0.5) is 4.39 Å². The van der Waals surface area contributed by atoms with E-state index in [2.05, 4.69) is 0 Å². The lowest BCUT2D eigenvalue weighted by Crippen LogP contribution is -2.44. The van der Waals surface area contributed by atoms with Crippen LogP contribution < -0.4 is 0 Å². The Morgan fingerprint density at radius 2 is 2.32 bits per heavy atom. The van der Waals surface area contributed by atoms with E-state index in [1.807, 2.05) is 4.90 Å². The molecule has 0 amide bonds. The second-order valence-corrected chi connectivity index (χ2v) is 5.18. The molecule has 3 nitrogen and oxygen atoms in total. The first-order valence-corrected chi connectivity index (χ1v) is 6.75. The second-order valence-electron chi connectivity index (χ2n) is 4.74. The van der Waals surface area contributed by atoms with Gasteiger partial charge in [0.25, 0.3) is 0 Å². The van der Waals surface area contributed by atoms with Crippen molar-refractivity contribution in [2.75, 3.05) is 13.7 Å². The number of hydrogen-bond donors (Lipinski definition) is 0. The fourth-order valence-electron chi connectivity index (χ4n) is 2.47. The molecule has 0 radical (unpaired) electrons. The van der Waals surface area contributed by atoms with Crippen molar-refractivity contribution < 1.29 is 13.9 Å². The highest BCUT2D eigenvalue weighted by atomic mass is 35.5. The van der Waals surface area contributed by atoms with Gasteiger partial charge in [-0.3, -0.25) is 9.69 Å². The average molecular weight is 286 g/mol.